The third-order valence-corrected chi connectivity index (χ3v) is 10.3. The summed E-state index contributed by atoms with van der Waals surface area (Å²) in [6.45, 7) is 5.81. The largest absolute Gasteiger partial charge is 0.389 e. The first-order valence-corrected chi connectivity index (χ1v) is 13.2. The second kappa shape index (κ2) is 9.52. The van der Waals surface area contributed by atoms with E-state index in [-0.39, 0.29) is 16.8 Å². The number of hydrogen-bond donors (Lipinski definition) is 5. The topological polar surface area (TPSA) is 152 Å². The number of allylic oxidation sites excluding steroid dienone is 2. The average molecular weight is 476 g/mol. The molecule has 0 heterocycles. The van der Waals surface area contributed by atoms with Crippen LogP contribution in [0.3, 0.4) is 0 Å². The number of fused-ring (bicyclic) bond motifs is 5. The minimum absolute atomic E-state index is 0.0578. The summed E-state index contributed by atoms with van der Waals surface area (Å²) in [5, 5.41) is 30.9. The fraction of sp³-hybridized carbons (Fsp3) is 0.846. The fourth-order valence-corrected chi connectivity index (χ4v) is 8.33. The van der Waals surface area contributed by atoms with Crippen molar-refractivity contribution in [1.82, 2.24) is 0 Å². The highest BCUT2D eigenvalue weighted by Gasteiger charge is 2.67. The number of nitrogens with two attached hydrogens (primary N) is 3. The molecule has 8 N–H and O–H groups in total. The van der Waals surface area contributed by atoms with Crippen LogP contribution in [0.5, 0.6) is 0 Å². The van der Waals surface area contributed by atoms with Crippen LogP contribution in [0.2, 0.25) is 0 Å². The number of aliphatic hydroxyl groups is 2. The van der Waals surface area contributed by atoms with Crippen molar-refractivity contribution in [2.24, 2.45) is 61.9 Å². The van der Waals surface area contributed by atoms with Crippen LogP contribution in [0.25, 0.3) is 0 Å². The van der Waals surface area contributed by atoms with Crippen LogP contribution in [-0.2, 0) is 4.74 Å². The minimum atomic E-state index is -1.02. The van der Waals surface area contributed by atoms with Gasteiger partial charge in [0.15, 0.2) is 5.79 Å². The first kappa shape index (κ1) is 25.6. The van der Waals surface area contributed by atoms with E-state index in [1.807, 2.05) is 6.08 Å². The number of hydrogen-bond acceptors (Lipinski definition) is 6. The van der Waals surface area contributed by atoms with Crippen molar-refractivity contribution < 1.29 is 14.9 Å². The molecule has 34 heavy (non-hydrogen) atoms. The van der Waals surface area contributed by atoms with Crippen LogP contribution in [-0.4, -0.2) is 46.9 Å². The third kappa shape index (κ3) is 4.31. The Morgan fingerprint density at radius 1 is 1.03 bits per heavy atom. The van der Waals surface area contributed by atoms with Crippen LogP contribution in [0.15, 0.2) is 22.4 Å². The number of guanidine groups is 1. The van der Waals surface area contributed by atoms with Gasteiger partial charge >= 0.3 is 0 Å². The number of ether oxygens (including phenoxy) is 1. The average Bonchev–Trinajstić information content (AvgIpc) is 3.05. The first-order valence-electron chi connectivity index (χ1n) is 13.2. The zero-order chi connectivity index (χ0) is 24.6. The van der Waals surface area contributed by atoms with Gasteiger partial charge < -0.3 is 32.2 Å². The van der Waals surface area contributed by atoms with Gasteiger partial charge in [-0.15, -0.1) is 5.10 Å². The lowest BCUT2D eigenvalue weighted by molar-refractivity contribution is -0.269. The lowest BCUT2D eigenvalue weighted by Gasteiger charge is -2.64. The monoisotopic (exact) mass is 475 g/mol. The molecule has 0 amide bonds. The van der Waals surface area contributed by atoms with Crippen LogP contribution in [0.1, 0.15) is 78.1 Å². The van der Waals surface area contributed by atoms with Crippen LogP contribution < -0.4 is 17.2 Å². The summed E-state index contributed by atoms with van der Waals surface area (Å²) in [6.07, 6.45) is 14.8. The molecular weight excluding hydrogens is 430 g/mol. The van der Waals surface area contributed by atoms with Crippen molar-refractivity contribution in [2.75, 3.05) is 13.2 Å². The number of nitrogens with zero attached hydrogens (tertiary/aromatic N) is 2. The van der Waals surface area contributed by atoms with Gasteiger partial charge in [0.2, 0.25) is 5.96 Å². The molecule has 0 aromatic heterocycles. The maximum Gasteiger partial charge on any atom is 0.211 e. The van der Waals surface area contributed by atoms with Gasteiger partial charge in [0.05, 0.1) is 12.2 Å². The van der Waals surface area contributed by atoms with Gasteiger partial charge in [-0.1, -0.05) is 19.9 Å². The highest BCUT2D eigenvalue weighted by molar-refractivity contribution is 5.77. The third-order valence-electron chi connectivity index (χ3n) is 10.3. The second-order valence-electron chi connectivity index (χ2n) is 11.8. The molecule has 4 rings (SSSR count). The zero-order valence-electron chi connectivity index (χ0n) is 21.0. The molecule has 4 aliphatic rings. The van der Waals surface area contributed by atoms with Crippen LogP contribution in [0, 0.1) is 34.5 Å². The summed E-state index contributed by atoms with van der Waals surface area (Å²) in [5.41, 5.74) is 15.6. The van der Waals surface area contributed by atoms with Crippen molar-refractivity contribution in [3.63, 3.8) is 0 Å². The highest BCUT2D eigenvalue weighted by atomic mass is 16.6. The van der Waals surface area contributed by atoms with Gasteiger partial charge in [0.25, 0.3) is 0 Å². The van der Waals surface area contributed by atoms with Crippen LogP contribution in [0.4, 0.5) is 0 Å². The summed E-state index contributed by atoms with van der Waals surface area (Å²) >= 11 is 0. The molecule has 4 aliphatic carbocycles. The predicted molar refractivity (Wildman–Crippen MR) is 135 cm³/mol. The van der Waals surface area contributed by atoms with E-state index < -0.39 is 11.4 Å². The Labute approximate surface area is 204 Å². The van der Waals surface area contributed by atoms with Gasteiger partial charge in [0.1, 0.15) is 0 Å². The standard InChI is InChI=1S/C26H45N5O3/c1-23-12-13-25(32,34-16-4-14-27)17-19(23)6-7-21-20(23)9-10-24(2)18(8-11-26(21,24)33)5-3-15-30-31-22(28)29/h3,5,15,18-21,32-33H,4,6-14,16-17,27H2,1-2H3,(H4,28,29,31)/b5-3+,30-15+/t18-,19+,20-,21+,23-,24+,25+,26-/m0/s1. The van der Waals surface area contributed by atoms with Gasteiger partial charge in [-0.3, -0.25) is 0 Å². The van der Waals surface area contributed by atoms with Crippen molar-refractivity contribution in [3.05, 3.63) is 12.2 Å². The van der Waals surface area contributed by atoms with Crippen LogP contribution >= 0.6 is 0 Å². The quantitative estimate of drug-likeness (QED) is 0.125. The molecule has 0 radical (unpaired) electrons. The summed E-state index contributed by atoms with van der Waals surface area (Å²) in [5.74, 6) is 0.465. The Bertz CT molecular complexity index is 829. The molecule has 192 valence electrons. The summed E-state index contributed by atoms with van der Waals surface area (Å²) in [7, 11) is 0. The molecule has 8 atom stereocenters. The molecule has 4 saturated carbocycles. The smallest absolute Gasteiger partial charge is 0.211 e. The Hall–Kier alpha value is -1.48. The summed E-state index contributed by atoms with van der Waals surface area (Å²) in [6, 6.07) is 0. The highest BCUT2D eigenvalue weighted by Crippen LogP contribution is 2.69. The normalized spacial score (nSPS) is 46.3. The molecule has 8 heteroatoms. The van der Waals surface area contributed by atoms with E-state index in [9.17, 15) is 10.2 Å². The maximum absolute atomic E-state index is 12.3. The Kier molecular flexibility index (Phi) is 7.17. The SMILES string of the molecule is C[C@]12CC[C@@](O)(OCCCN)C[C@H]1CC[C@@H]1[C@@H]2CC[C@]2(C)[C@@H](/C=C/C=N/N=C(N)N)CC[C@]12O. The van der Waals surface area contributed by atoms with E-state index in [1.54, 1.807) is 6.21 Å². The molecule has 0 saturated heterocycles. The van der Waals surface area contributed by atoms with E-state index in [0.717, 1.165) is 51.4 Å². The van der Waals surface area contributed by atoms with Gasteiger partial charge in [0, 0.05) is 24.5 Å². The molecule has 4 fully saturated rings. The maximum atomic E-state index is 12.3. The first-order chi connectivity index (χ1) is 16.1. The zero-order valence-corrected chi connectivity index (χ0v) is 21.0. The van der Waals surface area contributed by atoms with Crippen molar-refractivity contribution >= 4 is 12.2 Å². The fourth-order valence-electron chi connectivity index (χ4n) is 8.33. The predicted octanol–water partition coefficient (Wildman–Crippen LogP) is 2.63. The molecule has 0 spiro atoms. The molecule has 0 aromatic rings. The van der Waals surface area contributed by atoms with Crippen molar-refractivity contribution in [2.45, 2.75) is 89.4 Å². The van der Waals surface area contributed by atoms with Gasteiger partial charge in [-0.2, -0.15) is 5.10 Å². The van der Waals surface area contributed by atoms with Crippen molar-refractivity contribution in [1.29, 1.82) is 0 Å². The summed E-state index contributed by atoms with van der Waals surface area (Å²) < 4.78 is 5.91. The Morgan fingerprint density at radius 3 is 2.56 bits per heavy atom. The molecule has 0 unspecified atom stereocenters. The van der Waals surface area contributed by atoms with Gasteiger partial charge in [-0.25, -0.2) is 0 Å². The van der Waals surface area contributed by atoms with Crippen molar-refractivity contribution in [3.8, 4) is 0 Å². The Morgan fingerprint density at radius 2 is 1.82 bits per heavy atom. The van der Waals surface area contributed by atoms with E-state index in [2.05, 4.69) is 30.1 Å². The molecular formula is C26H45N5O3. The molecule has 8 nitrogen and oxygen atoms in total. The van der Waals surface area contributed by atoms with E-state index in [0.29, 0.717) is 49.7 Å². The lowest BCUT2D eigenvalue weighted by Crippen LogP contribution is -2.63. The van der Waals surface area contributed by atoms with E-state index in [1.165, 1.54) is 0 Å². The summed E-state index contributed by atoms with van der Waals surface area (Å²) in [4.78, 5) is 0. The second-order valence-corrected chi connectivity index (χ2v) is 11.8. The van der Waals surface area contributed by atoms with Gasteiger partial charge in [-0.05, 0) is 93.1 Å². The minimum Gasteiger partial charge on any atom is -0.389 e. The molecule has 0 bridgehead atoms. The molecule has 0 aliphatic heterocycles. The lowest BCUT2D eigenvalue weighted by atomic mass is 9.43. The Balaban J connectivity index is 1.48. The number of rotatable bonds is 7. The molecule has 0 aromatic carbocycles. The van der Waals surface area contributed by atoms with E-state index in [4.69, 9.17) is 21.9 Å². The van der Waals surface area contributed by atoms with E-state index >= 15 is 0 Å².